The maximum Gasteiger partial charge on any atom is 0.312 e. The number of benzene rings is 1. The Bertz CT molecular complexity index is 1820. The molecule has 1 amide bonds. The number of aliphatic imine (C=N–C) groups is 1. The Morgan fingerprint density at radius 1 is 0.962 bits per heavy atom. The minimum atomic E-state index is -1.98. The van der Waals surface area contributed by atoms with Crippen molar-refractivity contribution < 1.29 is 58.2 Å². The summed E-state index contributed by atoms with van der Waals surface area (Å²) in [6, 6.07) is 0. The molecule has 0 saturated heterocycles. The molecule has 3 aliphatic heterocycles. The van der Waals surface area contributed by atoms with Gasteiger partial charge in [0.2, 0.25) is 5.78 Å². The van der Waals surface area contributed by atoms with Crippen LogP contribution in [0.3, 0.4) is 0 Å². The fourth-order valence-electron chi connectivity index (χ4n) is 7.09. The minimum absolute atomic E-state index is 0.00898. The fraction of sp³-hybridized carbons (Fsp3) is 0.513. The maximum atomic E-state index is 14.2. The first kappa shape index (κ1) is 41.0. The van der Waals surface area contributed by atoms with Crippen molar-refractivity contribution in [2.45, 2.75) is 85.6 Å². The van der Waals surface area contributed by atoms with Gasteiger partial charge in [0.1, 0.15) is 29.0 Å². The summed E-state index contributed by atoms with van der Waals surface area (Å²) < 4.78 is 29.1. The highest BCUT2D eigenvalue weighted by molar-refractivity contribution is 6.33. The number of phenolic OH excluding ortho intramolecular Hbond substituents is 1. The van der Waals surface area contributed by atoms with Crippen LogP contribution in [0.5, 0.6) is 11.5 Å². The molecule has 0 unspecified atom stereocenters. The zero-order chi connectivity index (χ0) is 39.7. The number of hydrogen-bond donors (Lipinski definition) is 4. The Balaban J connectivity index is 1.91. The van der Waals surface area contributed by atoms with Crippen LogP contribution in [0.4, 0.5) is 0 Å². The first-order chi connectivity index (χ1) is 24.9. The van der Waals surface area contributed by atoms with E-state index >= 15 is 0 Å². The van der Waals surface area contributed by atoms with E-state index in [1.807, 2.05) is 0 Å². The number of carbonyl (C=O) groups is 4. The second-order valence-electron chi connectivity index (χ2n) is 13.9. The number of aromatic hydroxyl groups is 1. The van der Waals surface area contributed by atoms with Crippen LogP contribution in [0, 0.1) is 30.6 Å². The van der Waals surface area contributed by atoms with Gasteiger partial charge in [-0.05, 0) is 19.9 Å². The molecule has 0 fully saturated rings. The number of carbonyl (C=O) groups excluding carboxylic acids is 4. The van der Waals surface area contributed by atoms with E-state index in [0.717, 1.165) is 0 Å². The number of nitrogens with one attached hydrogen (secondary N) is 1. The van der Waals surface area contributed by atoms with Crippen molar-refractivity contribution in [1.29, 1.82) is 0 Å². The number of nitrogens with zero attached hydrogens (tertiary/aromatic N) is 1. The maximum absolute atomic E-state index is 14.2. The standard InChI is InChI=1S/C39H50N2O12/c1-17-13-12-14-18(2)38(48)41-29-33(46)26-25(28(40-9)36(29)50-11)27-35(22(6)32(26)45)53-39(8,37(27)47)51-16-15-24(49-10)19(3)34(52-23(7)42)21(5)31(44)20(4)30(17)43/h12-17,19-21,24,30-31,34,43-45H,1-11H3,(H,41,48)/b13-12+,16-15+,18-14-,40-28-/t17-,19+,20+,21+,24-,30-,31+,34+,39-/m0/s1. The molecule has 0 radical (unpaired) electrons. The highest BCUT2D eigenvalue weighted by atomic mass is 16.7. The van der Waals surface area contributed by atoms with Gasteiger partial charge in [-0.3, -0.25) is 24.2 Å². The average Bonchev–Trinajstić information content (AvgIpc) is 3.39. The van der Waals surface area contributed by atoms with Crippen LogP contribution in [0.25, 0.3) is 0 Å². The number of ether oxygens (including phenoxy) is 5. The predicted octanol–water partition coefficient (Wildman–Crippen LogP) is 3.84. The van der Waals surface area contributed by atoms with Gasteiger partial charge in [-0.15, -0.1) is 0 Å². The van der Waals surface area contributed by atoms with E-state index in [-0.39, 0.29) is 50.7 Å². The third-order valence-electron chi connectivity index (χ3n) is 10.4. The summed E-state index contributed by atoms with van der Waals surface area (Å²) in [7, 11) is 4.13. The molecule has 0 spiro atoms. The topological polar surface area (TPSA) is 200 Å². The number of ketones is 2. The molecule has 14 heteroatoms. The summed E-state index contributed by atoms with van der Waals surface area (Å²) in [4.78, 5) is 58.4. The first-order valence-electron chi connectivity index (χ1n) is 17.4. The van der Waals surface area contributed by atoms with Gasteiger partial charge in [-0.1, -0.05) is 45.9 Å². The molecule has 4 aliphatic rings. The van der Waals surface area contributed by atoms with E-state index < -0.39 is 83.1 Å². The Hall–Kier alpha value is -4.79. The molecule has 3 heterocycles. The molecule has 1 aromatic rings. The van der Waals surface area contributed by atoms with E-state index in [2.05, 4.69) is 10.3 Å². The third-order valence-corrected chi connectivity index (χ3v) is 10.4. The molecule has 0 saturated carbocycles. The summed E-state index contributed by atoms with van der Waals surface area (Å²) in [6.45, 7) is 12.6. The molecular formula is C39H50N2O12. The number of allylic oxidation sites excluding steroid dienone is 4. The van der Waals surface area contributed by atoms with Crippen molar-refractivity contribution in [2.24, 2.45) is 28.7 Å². The van der Waals surface area contributed by atoms with Crippen LogP contribution in [0.15, 0.2) is 52.6 Å². The zero-order valence-corrected chi connectivity index (χ0v) is 32.0. The Morgan fingerprint density at radius 2 is 1.62 bits per heavy atom. The highest BCUT2D eigenvalue weighted by Gasteiger charge is 2.52. The fourth-order valence-corrected chi connectivity index (χ4v) is 7.09. The number of esters is 1. The molecule has 1 aliphatic carbocycles. The second-order valence-corrected chi connectivity index (χ2v) is 13.9. The van der Waals surface area contributed by atoms with Gasteiger partial charge in [-0.25, -0.2) is 0 Å². The molecule has 9 atom stereocenters. The van der Waals surface area contributed by atoms with Crippen LogP contribution in [0.1, 0.15) is 80.3 Å². The Morgan fingerprint density at radius 3 is 2.21 bits per heavy atom. The van der Waals surface area contributed by atoms with Gasteiger partial charge in [0.25, 0.3) is 11.7 Å². The molecule has 5 rings (SSSR count). The first-order valence-corrected chi connectivity index (χ1v) is 17.4. The van der Waals surface area contributed by atoms with Gasteiger partial charge >= 0.3 is 11.8 Å². The molecule has 288 valence electrons. The average molecular weight is 739 g/mol. The lowest BCUT2D eigenvalue weighted by molar-refractivity contribution is -0.160. The Kier molecular flexibility index (Phi) is 12.4. The highest BCUT2D eigenvalue weighted by Crippen LogP contribution is 2.49. The minimum Gasteiger partial charge on any atom is -0.507 e. The molecule has 1 aromatic carbocycles. The number of amides is 1. The second kappa shape index (κ2) is 16.1. The third kappa shape index (κ3) is 7.53. The van der Waals surface area contributed by atoms with Gasteiger partial charge < -0.3 is 44.3 Å². The van der Waals surface area contributed by atoms with Crippen molar-refractivity contribution in [1.82, 2.24) is 5.32 Å². The van der Waals surface area contributed by atoms with Crippen LogP contribution in [-0.2, 0) is 28.5 Å². The monoisotopic (exact) mass is 738 g/mol. The molecule has 5 bridgehead atoms. The van der Waals surface area contributed by atoms with E-state index in [1.54, 1.807) is 39.8 Å². The zero-order valence-electron chi connectivity index (χ0n) is 32.0. The smallest absolute Gasteiger partial charge is 0.312 e. The van der Waals surface area contributed by atoms with Crippen molar-refractivity contribution in [3.63, 3.8) is 0 Å². The summed E-state index contributed by atoms with van der Waals surface area (Å²) in [5, 5.41) is 36.7. The number of fused-ring (bicyclic) bond motifs is 14. The quantitative estimate of drug-likeness (QED) is 0.327. The number of rotatable bonds is 3. The molecule has 0 aromatic heterocycles. The van der Waals surface area contributed by atoms with Crippen LogP contribution in [0.2, 0.25) is 0 Å². The van der Waals surface area contributed by atoms with Gasteiger partial charge in [0.05, 0.1) is 42.8 Å². The number of Topliss-reactive ketones (excluding diaryl/α,β-unsaturated/α-hetero) is 2. The van der Waals surface area contributed by atoms with Crippen molar-refractivity contribution in [2.75, 3.05) is 21.3 Å². The van der Waals surface area contributed by atoms with E-state index in [0.29, 0.717) is 0 Å². The number of methoxy groups -OCH3 is 2. The lowest BCUT2D eigenvalue weighted by Gasteiger charge is -2.38. The largest absolute Gasteiger partial charge is 0.507 e. The van der Waals surface area contributed by atoms with Crippen molar-refractivity contribution >= 4 is 29.2 Å². The summed E-state index contributed by atoms with van der Waals surface area (Å²) >= 11 is 0. The Labute approximate surface area is 309 Å². The van der Waals surface area contributed by atoms with E-state index in [9.17, 15) is 34.5 Å². The summed E-state index contributed by atoms with van der Waals surface area (Å²) in [5.74, 6) is -7.80. The molecule has 53 heavy (non-hydrogen) atoms. The molecular weight excluding hydrogens is 688 g/mol. The number of hydrogen-bond acceptors (Lipinski definition) is 13. The number of aliphatic hydroxyl groups excluding tert-OH is 2. The lowest BCUT2D eigenvalue weighted by Crippen LogP contribution is -2.46. The predicted molar refractivity (Wildman–Crippen MR) is 193 cm³/mol. The lowest BCUT2D eigenvalue weighted by atomic mass is 9.78. The summed E-state index contributed by atoms with van der Waals surface area (Å²) in [6.07, 6.45) is 3.65. The van der Waals surface area contributed by atoms with Gasteiger partial charge in [0.15, 0.2) is 5.76 Å². The van der Waals surface area contributed by atoms with E-state index in [1.165, 1.54) is 67.4 Å². The normalized spacial score (nSPS) is 34.1. The van der Waals surface area contributed by atoms with Crippen LogP contribution in [-0.4, -0.2) is 95.9 Å². The summed E-state index contributed by atoms with van der Waals surface area (Å²) in [5.41, 5.74) is -0.420. The number of phenols is 1. The van der Waals surface area contributed by atoms with E-state index in [4.69, 9.17) is 23.7 Å². The van der Waals surface area contributed by atoms with Crippen molar-refractivity contribution in [3.8, 4) is 11.5 Å². The molecule has 4 N–H and O–H groups in total. The van der Waals surface area contributed by atoms with Crippen LogP contribution < -0.4 is 10.1 Å². The van der Waals surface area contributed by atoms with Crippen molar-refractivity contribution in [3.05, 3.63) is 69.8 Å². The van der Waals surface area contributed by atoms with Crippen LogP contribution >= 0.6 is 0 Å². The number of aliphatic hydroxyl groups is 2. The SMILES string of the molecule is C/N=C1\C(OC)=C2NC(=O)/C(C)=C\C=C\[C@H](C)[C@H](O)[C@@H](C)[C@@H](O)[C@@H](C)[C@H](OC(C)=O)[C@H](C)[C@@H](OC)/C=C/O[C@@]3(C)Oc4c(C)c(O)c(c1c4C3=O)C2=O. The molecule has 14 nitrogen and oxygen atoms in total. The van der Waals surface area contributed by atoms with Gasteiger partial charge in [0, 0.05) is 68.4 Å². The van der Waals surface area contributed by atoms with Gasteiger partial charge in [-0.2, -0.15) is 0 Å².